The van der Waals surface area contributed by atoms with E-state index in [0.29, 0.717) is 24.5 Å². The zero-order chi connectivity index (χ0) is 24.8. The molecule has 0 saturated carbocycles. The highest BCUT2D eigenvalue weighted by molar-refractivity contribution is 5.89. The summed E-state index contributed by atoms with van der Waals surface area (Å²) < 4.78 is 5.93. The van der Waals surface area contributed by atoms with Crippen molar-refractivity contribution in [3.05, 3.63) is 47.2 Å². The highest BCUT2D eigenvalue weighted by Gasteiger charge is 2.20. The number of aliphatic carboxylic acids is 2. The standard InChI is InChI=1S/C19H26N6O.C4H4O4/c20-12-16(13-21)19-23-7-11-25(19)10-6-22-14-17-4-5-18(26-17)15-24-8-2-1-3-9-24;5-3(6)1-2-4(7)8/h4-5,22-23H,1-3,6-11,14-15H2;1-2H,(H,5,6)(H,7,8). The van der Waals surface area contributed by atoms with Crippen LogP contribution in [0.3, 0.4) is 0 Å². The number of carbonyl (C=O) groups is 2. The monoisotopic (exact) mass is 470 g/mol. The fourth-order valence-electron chi connectivity index (χ4n) is 3.64. The number of likely N-dealkylation sites (tertiary alicyclic amines) is 1. The number of furan rings is 1. The van der Waals surface area contributed by atoms with Crippen molar-refractivity contribution in [2.45, 2.75) is 32.4 Å². The largest absolute Gasteiger partial charge is 0.478 e. The maximum atomic E-state index is 9.55. The Bertz CT molecular complexity index is 933. The maximum Gasteiger partial charge on any atom is 0.328 e. The molecule has 3 rings (SSSR count). The van der Waals surface area contributed by atoms with Gasteiger partial charge in [-0.25, -0.2) is 9.59 Å². The Morgan fingerprint density at radius 1 is 1.06 bits per heavy atom. The molecule has 0 unspecified atom stereocenters. The lowest BCUT2D eigenvalue weighted by Gasteiger charge is -2.25. The fraction of sp³-hybridized carbons (Fsp3) is 0.478. The zero-order valence-electron chi connectivity index (χ0n) is 19.0. The van der Waals surface area contributed by atoms with E-state index in [1.54, 1.807) is 0 Å². The molecule has 2 aliphatic rings. The molecule has 0 radical (unpaired) electrons. The first kappa shape index (κ1) is 26.5. The number of carboxylic acid groups (broad SMARTS) is 2. The van der Waals surface area contributed by atoms with Gasteiger partial charge in [-0.05, 0) is 38.1 Å². The summed E-state index contributed by atoms with van der Waals surface area (Å²) in [5.41, 5.74) is 0.149. The van der Waals surface area contributed by atoms with Gasteiger partial charge >= 0.3 is 11.9 Å². The topological polar surface area (TPSA) is 166 Å². The van der Waals surface area contributed by atoms with Crippen molar-refractivity contribution < 1.29 is 24.2 Å². The van der Waals surface area contributed by atoms with E-state index in [-0.39, 0.29) is 5.57 Å². The van der Waals surface area contributed by atoms with Gasteiger partial charge in [0.25, 0.3) is 0 Å². The Morgan fingerprint density at radius 2 is 1.71 bits per heavy atom. The third kappa shape index (κ3) is 9.36. The minimum absolute atomic E-state index is 0.149. The number of nitriles is 2. The van der Waals surface area contributed by atoms with Crippen LogP contribution in [0, 0.1) is 22.7 Å². The number of hydrogen-bond acceptors (Lipinski definition) is 9. The molecule has 0 aliphatic carbocycles. The van der Waals surface area contributed by atoms with Gasteiger partial charge in [0.2, 0.25) is 0 Å². The third-order valence-electron chi connectivity index (χ3n) is 5.22. The van der Waals surface area contributed by atoms with Crippen molar-refractivity contribution in [3.8, 4) is 12.1 Å². The van der Waals surface area contributed by atoms with Crippen molar-refractivity contribution in [2.24, 2.45) is 0 Å². The number of nitrogens with one attached hydrogen (secondary N) is 2. The van der Waals surface area contributed by atoms with E-state index in [9.17, 15) is 9.59 Å². The summed E-state index contributed by atoms with van der Waals surface area (Å²) in [5, 5.41) is 40.2. The van der Waals surface area contributed by atoms with Crippen LogP contribution in [-0.2, 0) is 22.7 Å². The molecule has 2 aliphatic heterocycles. The second kappa shape index (κ2) is 14.4. The lowest BCUT2D eigenvalue weighted by Crippen LogP contribution is -2.30. The molecule has 34 heavy (non-hydrogen) atoms. The van der Waals surface area contributed by atoms with Crippen LogP contribution in [0.4, 0.5) is 0 Å². The smallest absolute Gasteiger partial charge is 0.328 e. The van der Waals surface area contributed by atoms with Gasteiger partial charge < -0.3 is 30.2 Å². The highest BCUT2D eigenvalue weighted by Crippen LogP contribution is 2.15. The summed E-state index contributed by atoms with van der Waals surface area (Å²) in [4.78, 5) is 23.6. The molecule has 0 spiro atoms. The minimum Gasteiger partial charge on any atom is -0.478 e. The number of carboxylic acids is 2. The Balaban J connectivity index is 0.000000440. The SMILES string of the molecule is N#CC(C#N)=C1NCCN1CCNCc1ccc(CN2CCCCC2)o1.O=C(O)C=CC(=O)O. The quantitative estimate of drug-likeness (QED) is 0.233. The fourth-order valence-corrected chi connectivity index (χ4v) is 3.64. The molecule has 0 bridgehead atoms. The molecule has 2 saturated heterocycles. The predicted molar refractivity (Wildman–Crippen MR) is 122 cm³/mol. The van der Waals surface area contributed by atoms with Crippen molar-refractivity contribution in [3.63, 3.8) is 0 Å². The lowest BCUT2D eigenvalue weighted by molar-refractivity contribution is -0.134. The highest BCUT2D eigenvalue weighted by atomic mass is 16.4. The average molecular weight is 471 g/mol. The van der Waals surface area contributed by atoms with E-state index >= 15 is 0 Å². The Labute approximate surface area is 198 Å². The summed E-state index contributed by atoms with van der Waals surface area (Å²) in [5.74, 6) is 0.117. The molecule has 11 nitrogen and oxygen atoms in total. The van der Waals surface area contributed by atoms with E-state index < -0.39 is 11.9 Å². The molecular weight excluding hydrogens is 440 g/mol. The molecule has 4 N–H and O–H groups in total. The Hall–Kier alpha value is -3.80. The predicted octanol–water partition coefficient (Wildman–Crippen LogP) is 1.23. The molecule has 0 amide bonds. The summed E-state index contributed by atoms with van der Waals surface area (Å²) in [7, 11) is 0. The third-order valence-corrected chi connectivity index (χ3v) is 5.22. The van der Waals surface area contributed by atoms with Crippen molar-refractivity contribution >= 4 is 11.9 Å². The van der Waals surface area contributed by atoms with Crippen LogP contribution in [0.2, 0.25) is 0 Å². The summed E-state index contributed by atoms with van der Waals surface area (Å²) in [6, 6.07) is 8.01. The van der Waals surface area contributed by atoms with Gasteiger partial charge in [0, 0.05) is 38.3 Å². The first-order valence-electron chi connectivity index (χ1n) is 11.1. The minimum atomic E-state index is -1.26. The summed E-state index contributed by atoms with van der Waals surface area (Å²) >= 11 is 0. The van der Waals surface area contributed by atoms with E-state index in [1.165, 1.54) is 32.4 Å². The summed E-state index contributed by atoms with van der Waals surface area (Å²) in [6.07, 6.45) is 5.04. The Morgan fingerprint density at radius 3 is 2.32 bits per heavy atom. The molecule has 3 heterocycles. The van der Waals surface area contributed by atoms with Crippen molar-refractivity contribution in [2.75, 3.05) is 39.3 Å². The lowest BCUT2D eigenvalue weighted by atomic mass is 10.1. The normalized spacial score (nSPS) is 15.7. The number of allylic oxidation sites excluding steroid dienone is 1. The molecular formula is C23H30N6O5. The number of hydrogen-bond donors (Lipinski definition) is 4. The van der Waals surface area contributed by atoms with Crippen LogP contribution in [-0.4, -0.2) is 71.2 Å². The van der Waals surface area contributed by atoms with Gasteiger partial charge in [0.1, 0.15) is 29.5 Å². The van der Waals surface area contributed by atoms with Crippen LogP contribution in [0.1, 0.15) is 30.8 Å². The summed E-state index contributed by atoms with van der Waals surface area (Å²) in [6.45, 7) is 7.00. The second-order valence-electron chi connectivity index (χ2n) is 7.75. The first-order chi connectivity index (χ1) is 16.4. The Kier molecular flexibility index (Phi) is 11.2. The molecule has 0 aromatic carbocycles. The maximum absolute atomic E-state index is 9.55. The van der Waals surface area contributed by atoms with Crippen LogP contribution in [0.5, 0.6) is 0 Å². The second-order valence-corrected chi connectivity index (χ2v) is 7.75. The number of rotatable bonds is 9. The van der Waals surface area contributed by atoms with E-state index in [0.717, 1.165) is 44.2 Å². The van der Waals surface area contributed by atoms with Crippen LogP contribution >= 0.6 is 0 Å². The van der Waals surface area contributed by atoms with Gasteiger partial charge in [-0.15, -0.1) is 0 Å². The first-order valence-corrected chi connectivity index (χ1v) is 11.1. The van der Waals surface area contributed by atoms with Crippen molar-refractivity contribution in [1.29, 1.82) is 10.5 Å². The van der Waals surface area contributed by atoms with E-state index in [1.807, 2.05) is 23.1 Å². The van der Waals surface area contributed by atoms with Crippen LogP contribution < -0.4 is 10.6 Å². The molecule has 11 heteroatoms. The number of nitrogens with zero attached hydrogens (tertiary/aromatic N) is 4. The van der Waals surface area contributed by atoms with Gasteiger partial charge in [-0.1, -0.05) is 6.42 Å². The van der Waals surface area contributed by atoms with Crippen LogP contribution in [0.15, 0.2) is 40.1 Å². The van der Waals surface area contributed by atoms with Crippen LogP contribution in [0.25, 0.3) is 0 Å². The molecule has 1 aromatic rings. The molecule has 0 atom stereocenters. The van der Waals surface area contributed by atoms with Gasteiger partial charge in [-0.2, -0.15) is 10.5 Å². The van der Waals surface area contributed by atoms with Gasteiger partial charge in [-0.3, -0.25) is 4.90 Å². The molecule has 182 valence electrons. The van der Waals surface area contributed by atoms with Gasteiger partial charge in [0.05, 0.1) is 13.1 Å². The van der Waals surface area contributed by atoms with Crippen molar-refractivity contribution in [1.82, 2.24) is 20.4 Å². The average Bonchev–Trinajstić information content (AvgIpc) is 3.47. The number of piperidine rings is 1. The van der Waals surface area contributed by atoms with E-state index in [2.05, 4.69) is 21.6 Å². The van der Waals surface area contributed by atoms with E-state index in [4.69, 9.17) is 25.2 Å². The molecule has 1 aromatic heterocycles. The zero-order valence-corrected chi connectivity index (χ0v) is 19.0. The molecule has 2 fully saturated rings. The van der Waals surface area contributed by atoms with Gasteiger partial charge in [0.15, 0.2) is 5.57 Å².